The third-order valence-corrected chi connectivity index (χ3v) is 4.95. The van der Waals surface area contributed by atoms with Crippen molar-refractivity contribution in [3.05, 3.63) is 60.2 Å². The molecule has 3 aromatic rings. The van der Waals surface area contributed by atoms with Crippen molar-refractivity contribution in [2.45, 2.75) is 38.8 Å². The second kappa shape index (κ2) is 8.40. The van der Waals surface area contributed by atoms with Crippen LogP contribution in [0.15, 0.2) is 54.6 Å². The summed E-state index contributed by atoms with van der Waals surface area (Å²) in [6.07, 6.45) is -0.572. The third-order valence-electron chi connectivity index (χ3n) is 4.95. The largest absolute Gasteiger partial charge is 0.383 e. The van der Waals surface area contributed by atoms with Gasteiger partial charge in [0.05, 0.1) is 0 Å². The lowest BCUT2D eigenvalue weighted by molar-refractivity contribution is -0.133. The lowest BCUT2D eigenvalue weighted by atomic mass is 9.92. The lowest BCUT2D eigenvalue weighted by Crippen LogP contribution is -2.49. The van der Waals surface area contributed by atoms with E-state index in [1.807, 2.05) is 62.4 Å². The van der Waals surface area contributed by atoms with Crippen LogP contribution >= 0.6 is 0 Å². The Hall–Kier alpha value is -2.92. The summed E-state index contributed by atoms with van der Waals surface area (Å²) < 4.78 is 0. The number of carbonyl (C=O) groups excluding carboxylic acids is 2. The molecule has 2 amide bonds. The number of rotatable bonds is 7. The molecule has 28 heavy (non-hydrogen) atoms. The van der Waals surface area contributed by atoms with E-state index in [0.717, 1.165) is 27.1 Å². The van der Waals surface area contributed by atoms with Gasteiger partial charge >= 0.3 is 0 Å². The summed E-state index contributed by atoms with van der Waals surface area (Å²) in [6, 6.07) is 17.1. The lowest BCUT2D eigenvalue weighted by Gasteiger charge is -2.21. The molecule has 2 atom stereocenters. The van der Waals surface area contributed by atoms with E-state index < -0.39 is 24.0 Å². The summed E-state index contributed by atoms with van der Waals surface area (Å²) in [4.78, 5) is 24.4. The van der Waals surface area contributed by atoms with E-state index in [1.165, 1.54) is 0 Å². The van der Waals surface area contributed by atoms with Crippen molar-refractivity contribution in [2.24, 2.45) is 11.7 Å². The topological polar surface area (TPSA) is 92.4 Å². The van der Waals surface area contributed by atoms with Crippen molar-refractivity contribution in [3.63, 3.8) is 0 Å². The first-order valence-electron chi connectivity index (χ1n) is 9.54. The van der Waals surface area contributed by atoms with Crippen LogP contribution in [0.2, 0.25) is 0 Å². The van der Waals surface area contributed by atoms with E-state index in [9.17, 15) is 14.7 Å². The number of primary amides is 1. The molecule has 4 N–H and O–H groups in total. The van der Waals surface area contributed by atoms with Crippen molar-refractivity contribution >= 4 is 33.4 Å². The highest BCUT2D eigenvalue weighted by atomic mass is 16.3. The van der Waals surface area contributed by atoms with Gasteiger partial charge in [0.1, 0.15) is 12.1 Å². The maximum Gasteiger partial charge on any atom is 0.249 e. The van der Waals surface area contributed by atoms with Crippen LogP contribution in [-0.4, -0.2) is 29.1 Å². The van der Waals surface area contributed by atoms with E-state index in [-0.39, 0.29) is 12.3 Å². The summed E-state index contributed by atoms with van der Waals surface area (Å²) in [7, 11) is 0. The standard InChI is InChI=1S/C23H26N2O3/c1-14(2)11-21(26)23(28)25-20(22(24)27)13-19-17-9-5-3-7-15(17)12-16-8-4-6-10-18(16)19/h3-10,12,14,20-21,26H,11,13H2,1-2H3,(H2,24,27)(H,25,28)/t20-,21-/m1/s1. The van der Waals surface area contributed by atoms with Crippen molar-refractivity contribution in [1.29, 1.82) is 0 Å². The second-order valence-electron chi connectivity index (χ2n) is 7.61. The fourth-order valence-corrected chi connectivity index (χ4v) is 3.58. The molecule has 0 bridgehead atoms. The van der Waals surface area contributed by atoms with Gasteiger partial charge in [-0.05, 0) is 45.5 Å². The maximum absolute atomic E-state index is 12.3. The van der Waals surface area contributed by atoms with Crippen molar-refractivity contribution in [1.82, 2.24) is 5.32 Å². The third kappa shape index (κ3) is 4.31. The second-order valence-corrected chi connectivity index (χ2v) is 7.61. The first-order valence-corrected chi connectivity index (χ1v) is 9.54. The molecule has 0 aliphatic rings. The van der Waals surface area contributed by atoms with Crippen LogP contribution in [0, 0.1) is 5.92 Å². The van der Waals surface area contributed by atoms with Crippen molar-refractivity contribution in [2.75, 3.05) is 0 Å². The Morgan fingerprint density at radius 1 is 1.00 bits per heavy atom. The zero-order valence-electron chi connectivity index (χ0n) is 16.2. The van der Waals surface area contributed by atoms with Crippen LogP contribution < -0.4 is 11.1 Å². The van der Waals surface area contributed by atoms with Crippen LogP contribution in [0.25, 0.3) is 21.5 Å². The Balaban J connectivity index is 1.98. The molecule has 0 saturated carbocycles. The number of carbonyl (C=O) groups is 2. The number of nitrogens with one attached hydrogen (secondary N) is 1. The minimum absolute atomic E-state index is 0.162. The molecule has 0 aliphatic heterocycles. The van der Waals surface area contributed by atoms with Crippen LogP contribution in [-0.2, 0) is 16.0 Å². The van der Waals surface area contributed by atoms with Gasteiger partial charge in [-0.1, -0.05) is 62.4 Å². The molecular weight excluding hydrogens is 352 g/mol. The number of nitrogens with two attached hydrogens (primary N) is 1. The summed E-state index contributed by atoms with van der Waals surface area (Å²) >= 11 is 0. The summed E-state index contributed by atoms with van der Waals surface area (Å²) in [5.41, 5.74) is 6.54. The van der Waals surface area contributed by atoms with Gasteiger partial charge in [0.2, 0.25) is 11.8 Å². The van der Waals surface area contributed by atoms with Crippen LogP contribution in [0.1, 0.15) is 25.8 Å². The molecule has 5 heteroatoms. The summed E-state index contributed by atoms with van der Waals surface area (Å²) in [5.74, 6) is -1.03. The van der Waals surface area contributed by atoms with Gasteiger partial charge in [-0.25, -0.2) is 0 Å². The SMILES string of the molecule is CC(C)C[C@@H](O)C(=O)N[C@H](Cc1c2ccccc2cc2ccccc12)C(N)=O. The van der Waals surface area contributed by atoms with Gasteiger partial charge in [0.15, 0.2) is 0 Å². The fourth-order valence-electron chi connectivity index (χ4n) is 3.58. The Kier molecular flexibility index (Phi) is 5.95. The molecule has 0 unspecified atom stereocenters. The smallest absolute Gasteiger partial charge is 0.249 e. The highest BCUT2D eigenvalue weighted by Crippen LogP contribution is 2.29. The van der Waals surface area contributed by atoms with Crippen LogP contribution in [0.5, 0.6) is 0 Å². The van der Waals surface area contributed by atoms with Gasteiger partial charge in [-0.2, -0.15) is 0 Å². The van der Waals surface area contributed by atoms with E-state index in [0.29, 0.717) is 6.42 Å². The van der Waals surface area contributed by atoms with Crippen LogP contribution in [0.4, 0.5) is 0 Å². The highest BCUT2D eigenvalue weighted by molar-refractivity contribution is 6.03. The number of amides is 2. The minimum Gasteiger partial charge on any atom is -0.383 e. The predicted molar refractivity (Wildman–Crippen MR) is 112 cm³/mol. The zero-order chi connectivity index (χ0) is 20.3. The molecule has 0 aromatic heterocycles. The van der Waals surface area contributed by atoms with E-state index in [1.54, 1.807) is 0 Å². The molecule has 0 spiro atoms. The Morgan fingerprint density at radius 2 is 1.54 bits per heavy atom. The average Bonchev–Trinajstić information content (AvgIpc) is 2.66. The minimum atomic E-state index is -1.16. The zero-order valence-corrected chi connectivity index (χ0v) is 16.2. The summed E-state index contributed by atoms with van der Waals surface area (Å²) in [6.45, 7) is 3.84. The molecule has 3 aromatic carbocycles. The number of fused-ring (bicyclic) bond motifs is 2. The predicted octanol–water partition coefficient (Wildman–Crippen LogP) is 2.91. The molecule has 0 saturated heterocycles. The van der Waals surface area contributed by atoms with Crippen molar-refractivity contribution < 1.29 is 14.7 Å². The van der Waals surface area contributed by atoms with Gasteiger partial charge in [0.25, 0.3) is 0 Å². The molecular formula is C23H26N2O3. The molecule has 146 valence electrons. The number of benzene rings is 3. The van der Waals surface area contributed by atoms with E-state index >= 15 is 0 Å². The van der Waals surface area contributed by atoms with Gasteiger partial charge < -0.3 is 16.2 Å². The average molecular weight is 378 g/mol. The van der Waals surface area contributed by atoms with Crippen LogP contribution in [0.3, 0.4) is 0 Å². The quantitative estimate of drug-likeness (QED) is 0.552. The number of aliphatic hydroxyl groups excluding tert-OH is 1. The Morgan fingerprint density at radius 3 is 2.04 bits per heavy atom. The first kappa shape index (κ1) is 19.8. The Bertz CT molecular complexity index is 959. The molecule has 0 heterocycles. The molecule has 0 aliphatic carbocycles. The number of hydrogen-bond acceptors (Lipinski definition) is 3. The fraction of sp³-hybridized carbons (Fsp3) is 0.304. The maximum atomic E-state index is 12.3. The first-order chi connectivity index (χ1) is 13.4. The highest BCUT2D eigenvalue weighted by Gasteiger charge is 2.25. The van der Waals surface area contributed by atoms with Crippen molar-refractivity contribution in [3.8, 4) is 0 Å². The van der Waals surface area contributed by atoms with E-state index in [4.69, 9.17) is 5.73 Å². The number of hydrogen-bond donors (Lipinski definition) is 3. The van der Waals surface area contributed by atoms with Gasteiger partial charge in [-0.3, -0.25) is 9.59 Å². The van der Waals surface area contributed by atoms with E-state index in [2.05, 4.69) is 11.4 Å². The molecule has 5 nitrogen and oxygen atoms in total. The molecule has 0 radical (unpaired) electrons. The monoisotopic (exact) mass is 378 g/mol. The summed E-state index contributed by atoms with van der Waals surface area (Å²) in [5, 5.41) is 16.9. The van der Waals surface area contributed by atoms with Gasteiger partial charge in [-0.15, -0.1) is 0 Å². The Labute approximate surface area is 164 Å². The molecule has 3 rings (SSSR count). The number of aliphatic hydroxyl groups is 1. The molecule has 0 fully saturated rings. The normalized spacial score (nSPS) is 13.6. The van der Waals surface area contributed by atoms with Gasteiger partial charge in [0, 0.05) is 6.42 Å².